The molecule has 0 bridgehead atoms. The average Bonchev–Trinajstić information content (AvgIpc) is 2.02. The maximum atomic E-state index is 11.1. The van der Waals surface area contributed by atoms with E-state index in [0.29, 0.717) is 0 Å². The van der Waals surface area contributed by atoms with Crippen molar-refractivity contribution in [1.29, 1.82) is 0 Å². The number of carbonyl (C=O) groups excluding carboxylic acids is 1. The predicted octanol–water partition coefficient (Wildman–Crippen LogP) is 1.21. The molecule has 0 spiro atoms. The number of carboxylic acids is 1. The van der Waals surface area contributed by atoms with E-state index in [0.717, 1.165) is 0 Å². The fourth-order valence-electron chi connectivity index (χ4n) is 0.522. The molecule has 0 aromatic rings. The van der Waals surface area contributed by atoms with Crippen molar-refractivity contribution >= 4 is 11.9 Å². The second kappa shape index (κ2) is 4.64. The highest BCUT2D eigenvalue weighted by Crippen LogP contribution is 2.09. The molecule has 0 radical (unpaired) electrons. The lowest BCUT2D eigenvalue weighted by Crippen LogP contribution is -2.25. The first-order valence-corrected chi connectivity index (χ1v) is 3.98. The van der Waals surface area contributed by atoms with Gasteiger partial charge in [-0.2, -0.15) is 0 Å². The molecule has 1 N–H and O–H groups in total. The molecule has 0 aromatic heterocycles. The summed E-state index contributed by atoms with van der Waals surface area (Å²) in [5.41, 5.74) is 0.285. The quantitative estimate of drug-likeness (QED) is 0.529. The summed E-state index contributed by atoms with van der Waals surface area (Å²) in [5, 5.41) is 8.44. The van der Waals surface area contributed by atoms with E-state index in [1.807, 2.05) is 0 Å². The molecule has 0 aromatic carbocycles. The van der Waals surface area contributed by atoms with Gasteiger partial charge >= 0.3 is 11.9 Å². The van der Waals surface area contributed by atoms with Crippen LogP contribution in [0.4, 0.5) is 0 Å². The van der Waals surface area contributed by atoms with Gasteiger partial charge in [0.1, 0.15) is 0 Å². The summed E-state index contributed by atoms with van der Waals surface area (Å²) < 4.78 is 4.60. The largest absolute Gasteiger partial charge is 0.479 e. The van der Waals surface area contributed by atoms with Crippen LogP contribution in [-0.4, -0.2) is 23.1 Å². The van der Waals surface area contributed by atoms with Gasteiger partial charge in [0.25, 0.3) is 0 Å². The molecular formula is C9H14O4. The van der Waals surface area contributed by atoms with E-state index in [1.165, 1.54) is 6.92 Å². The number of carboxylic acid groups (broad SMARTS) is 1. The summed E-state index contributed by atoms with van der Waals surface area (Å²) in [4.78, 5) is 21.4. The summed E-state index contributed by atoms with van der Waals surface area (Å²) in [7, 11) is 0. The molecular weight excluding hydrogens is 172 g/mol. The number of hydrogen-bond donors (Lipinski definition) is 1. The second-order valence-corrected chi connectivity index (χ2v) is 3.07. The lowest BCUT2D eigenvalue weighted by molar-refractivity contribution is -0.160. The fourth-order valence-corrected chi connectivity index (χ4v) is 0.522. The molecule has 0 aliphatic carbocycles. The van der Waals surface area contributed by atoms with Crippen LogP contribution in [0.2, 0.25) is 0 Å². The van der Waals surface area contributed by atoms with Gasteiger partial charge in [-0.25, -0.2) is 9.59 Å². The fraction of sp³-hybridized carbons (Fsp3) is 0.556. The smallest absolute Gasteiger partial charge is 0.344 e. The molecule has 4 heteroatoms. The zero-order valence-corrected chi connectivity index (χ0v) is 8.03. The van der Waals surface area contributed by atoms with E-state index >= 15 is 0 Å². The first kappa shape index (κ1) is 11.7. The molecule has 0 amide bonds. The maximum Gasteiger partial charge on any atom is 0.344 e. The molecule has 0 saturated carbocycles. The minimum absolute atomic E-state index is 0.0338. The van der Waals surface area contributed by atoms with Gasteiger partial charge < -0.3 is 9.84 Å². The zero-order valence-electron chi connectivity index (χ0n) is 8.03. The summed E-state index contributed by atoms with van der Waals surface area (Å²) in [6, 6.07) is 0. The number of esters is 1. The molecule has 0 heterocycles. The van der Waals surface area contributed by atoms with E-state index in [9.17, 15) is 9.59 Å². The van der Waals surface area contributed by atoms with Crippen molar-refractivity contribution in [2.45, 2.75) is 26.9 Å². The van der Waals surface area contributed by atoms with Crippen LogP contribution in [-0.2, 0) is 14.3 Å². The normalized spacial score (nSPS) is 12.3. The number of ether oxygens (including phenoxy) is 1. The van der Waals surface area contributed by atoms with Crippen molar-refractivity contribution in [2.75, 3.05) is 0 Å². The minimum atomic E-state index is -1.16. The van der Waals surface area contributed by atoms with Gasteiger partial charge in [-0.3, -0.25) is 0 Å². The van der Waals surface area contributed by atoms with Crippen LogP contribution >= 0.6 is 0 Å². The van der Waals surface area contributed by atoms with E-state index in [-0.39, 0.29) is 11.5 Å². The zero-order chi connectivity index (χ0) is 10.6. The molecule has 1 unspecified atom stereocenters. The summed E-state index contributed by atoms with van der Waals surface area (Å²) >= 11 is 0. The van der Waals surface area contributed by atoms with Gasteiger partial charge in [0.15, 0.2) is 6.10 Å². The van der Waals surface area contributed by atoms with Crippen LogP contribution in [0.5, 0.6) is 0 Å². The lowest BCUT2D eigenvalue weighted by atomic mass is 10.1. The number of aliphatic carboxylic acids is 1. The molecule has 0 saturated heterocycles. The summed E-state index contributed by atoms with van der Waals surface area (Å²) in [5.74, 6) is -1.84. The Kier molecular flexibility index (Phi) is 4.17. The summed E-state index contributed by atoms with van der Waals surface area (Å²) in [6.07, 6.45) is -1.12. The highest BCUT2D eigenvalue weighted by molar-refractivity contribution is 5.90. The Labute approximate surface area is 77.2 Å². The van der Waals surface area contributed by atoms with Crippen LogP contribution in [0.25, 0.3) is 0 Å². The average molecular weight is 186 g/mol. The predicted molar refractivity (Wildman–Crippen MR) is 47.2 cm³/mol. The Bertz CT molecular complexity index is 230. The van der Waals surface area contributed by atoms with Gasteiger partial charge in [0.05, 0.1) is 0 Å². The molecule has 1 atom stereocenters. The van der Waals surface area contributed by atoms with Crippen molar-refractivity contribution in [2.24, 2.45) is 5.92 Å². The maximum absolute atomic E-state index is 11.1. The van der Waals surface area contributed by atoms with Crippen LogP contribution in [0.1, 0.15) is 20.8 Å². The van der Waals surface area contributed by atoms with Crippen molar-refractivity contribution in [1.82, 2.24) is 0 Å². The monoisotopic (exact) mass is 186 g/mol. The molecule has 0 fully saturated rings. The van der Waals surface area contributed by atoms with E-state index in [2.05, 4.69) is 11.3 Å². The number of rotatable bonds is 4. The van der Waals surface area contributed by atoms with Crippen molar-refractivity contribution in [3.8, 4) is 0 Å². The van der Waals surface area contributed by atoms with Crippen LogP contribution < -0.4 is 0 Å². The van der Waals surface area contributed by atoms with Crippen LogP contribution in [0.15, 0.2) is 12.2 Å². The van der Waals surface area contributed by atoms with Gasteiger partial charge in [-0.05, 0) is 12.8 Å². The van der Waals surface area contributed by atoms with E-state index in [4.69, 9.17) is 5.11 Å². The minimum Gasteiger partial charge on any atom is -0.479 e. The van der Waals surface area contributed by atoms with E-state index in [1.54, 1.807) is 13.8 Å². The molecule has 0 rings (SSSR count). The molecule has 4 nitrogen and oxygen atoms in total. The van der Waals surface area contributed by atoms with Crippen molar-refractivity contribution < 1.29 is 19.4 Å². The molecule has 0 aliphatic rings. The summed E-state index contributed by atoms with van der Waals surface area (Å²) in [6.45, 7) is 8.37. The topological polar surface area (TPSA) is 63.6 Å². The standard InChI is InChI=1S/C9H14O4/c1-5(2)6(3)9(12)13-7(4)8(10)11/h5,7H,3H2,1-2,4H3,(H,10,11). The first-order chi connectivity index (χ1) is 5.86. The van der Waals surface area contributed by atoms with Gasteiger partial charge in [0, 0.05) is 5.57 Å². The Morgan fingerprint density at radius 1 is 1.31 bits per heavy atom. The van der Waals surface area contributed by atoms with Crippen molar-refractivity contribution in [3.63, 3.8) is 0 Å². The molecule has 13 heavy (non-hydrogen) atoms. The van der Waals surface area contributed by atoms with Crippen molar-refractivity contribution in [3.05, 3.63) is 12.2 Å². The Hall–Kier alpha value is -1.32. The van der Waals surface area contributed by atoms with Gasteiger partial charge in [-0.15, -0.1) is 0 Å². The lowest BCUT2D eigenvalue weighted by Gasteiger charge is -2.11. The Morgan fingerprint density at radius 3 is 2.08 bits per heavy atom. The highest BCUT2D eigenvalue weighted by Gasteiger charge is 2.19. The van der Waals surface area contributed by atoms with Crippen LogP contribution in [0.3, 0.4) is 0 Å². The molecule has 74 valence electrons. The number of hydrogen-bond acceptors (Lipinski definition) is 3. The first-order valence-electron chi connectivity index (χ1n) is 3.98. The Morgan fingerprint density at radius 2 is 1.77 bits per heavy atom. The van der Waals surface area contributed by atoms with Gasteiger partial charge in [-0.1, -0.05) is 20.4 Å². The van der Waals surface area contributed by atoms with Gasteiger partial charge in [0.2, 0.25) is 0 Å². The Balaban J connectivity index is 4.16. The molecule has 0 aliphatic heterocycles. The third-order valence-corrected chi connectivity index (χ3v) is 1.59. The highest BCUT2D eigenvalue weighted by atomic mass is 16.6. The second-order valence-electron chi connectivity index (χ2n) is 3.07. The van der Waals surface area contributed by atoms with Crippen LogP contribution in [0, 0.1) is 5.92 Å². The van der Waals surface area contributed by atoms with E-state index < -0.39 is 18.0 Å². The number of carbonyl (C=O) groups is 2. The third-order valence-electron chi connectivity index (χ3n) is 1.59. The third kappa shape index (κ3) is 3.73. The SMILES string of the molecule is C=C(C(=O)OC(C)C(=O)O)C(C)C.